The SMILES string of the molecule is CCN1CCN(C(CCN)c2ccccc2)CC1. The zero-order valence-corrected chi connectivity index (χ0v) is 11.4. The molecule has 18 heavy (non-hydrogen) atoms. The second-order valence-corrected chi connectivity index (χ2v) is 4.97. The summed E-state index contributed by atoms with van der Waals surface area (Å²) in [5, 5.41) is 0. The number of rotatable bonds is 5. The van der Waals surface area contributed by atoms with E-state index >= 15 is 0 Å². The van der Waals surface area contributed by atoms with Gasteiger partial charge in [0.15, 0.2) is 0 Å². The predicted molar refractivity (Wildman–Crippen MR) is 76.5 cm³/mol. The van der Waals surface area contributed by atoms with Gasteiger partial charge in [-0.15, -0.1) is 0 Å². The highest BCUT2D eigenvalue weighted by Crippen LogP contribution is 2.24. The molecule has 1 unspecified atom stereocenters. The van der Waals surface area contributed by atoms with Gasteiger partial charge < -0.3 is 10.6 Å². The van der Waals surface area contributed by atoms with Gasteiger partial charge >= 0.3 is 0 Å². The molecule has 1 aromatic rings. The largest absolute Gasteiger partial charge is 0.330 e. The van der Waals surface area contributed by atoms with Gasteiger partial charge in [0.1, 0.15) is 0 Å². The van der Waals surface area contributed by atoms with Crippen molar-refractivity contribution in [2.75, 3.05) is 39.3 Å². The summed E-state index contributed by atoms with van der Waals surface area (Å²) in [5.41, 5.74) is 7.20. The van der Waals surface area contributed by atoms with Crippen LogP contribution in [0.1, 0.15) is 24.9 Å². The number of hydrogen-bond donors (Lipinski definition) is 1. The minimum Gasteiger partial charge on any atom is -0.330 e. The molecule has 3 nitrogen and oxygen atoms in total. The highest BCUT2D eigenvalue weighted by molar-refractivity contribution is 5.19. The van der Waals surface area contributed by atoms with Crippen LogP contribution in [0.25, 0.3) is 0 Å². The van der Waals surface area contributed by atoms with E-state index in [1.165, 1.54) is 25.2 Å². The zero-order chi connectivity index (χ0) is 12.8. The van der Waals surface area contributed by atoms with Crippen LogP contribution in [0.15, 0.2) is 30.3 Å². The Hall–Kier alpha value is -0.900. The Morgan fingerprint density at radius 3 is 2.33 bits per heavy atom. The maximum Gasteiger partial charge on any atom is 0.0361 e. The molecule has 1 heterocycles. The molecule has 0 amide bonds. The van der Waals surface area contributed by atoms with E-state index in [1.54, 1.807) is 0 Å². The molecule has 0 aromatic heterocycles. The first-order valence-electron chi connectivity index (χ1n) is 7.06. The second-order valence-electron chi connectivity index (χ2n) is 4.97. The van der Waals surface area contributed by atoms with E-state index in [2.05, 4.69) is 47.1 Å². The van der Waals surface area contributed by atoms with Gasteiger partial charge in [0.25, 0.3) is 0 Å². The van der Waals surface area contributed by atoms with Crippen LogP contribution >= 0.6 is 0 Å². The Morgan fingerprint density at radius 2 is 1.78 bits per heavy atom. The van der Waals surface area contributed by atoms with Crippen molar-refractivity contribution in [3.05, 3.63) is 35.9 Å². The number of hydrogen-bond acceptors (Lipinski definition) is 3. The van der Waals surface area contributed by atoms with Gasteiger partial charge in [-0.2, -0.15) is 0 Å². The lowest BCUT2D eigenvalue weighted by atomic mass is 10.0. The van der Waals surface area contributed by atoms with Gasteiger partial charge in [-0.1, -0.05) is 37.3 Å². The Kier molecular flexibility index (Phi) is 5.17. The van der Waals surface area contributed by atoms with E-state index in [0.29, 0.717) is 6.04 Å². The molecule has 1 fully saturated rings. The van der Waals surface area contributed by atoms with Crippen LogP contribution in [0.5, 0.6) is 0 Å². The predicted octanol–water partition coefficient (Wildman–Crippen LogP) is 1.71. The van der Waals surface area contributed by atoms with E-state index in [-0.39, 0.29) is 0 Å². The highest BCUT2D eigenvalue weighted by atomic mass is 15.3. The monoisotopic (exact) mass is 247 g/mol. The molecule has 3 heteroatoms. The standard InChI is InChI=1S/C15H25N3/c1-2-17-10-12-18(13-11-17)15(8-9-16)14-6-4-3-5-7-14/h3-7,15H,2,8-13,16H2,1H3. The van der Waals surface area contributed by atoms with Gasteiger partial charge in [-0.3, -0.25) is 4.90 Å². The van der Waals surface area contributed by atoms with Crippen molar-refractivity contribution >= 4 is 0 Å². The van der Waals surface area contributed by atoms with Gasteiger partial charge in [0.05, 0.1) is 0 Å². The van der Waals surface area contributed by atoms with Crippen molar-refractivity contribution in [1.29, 1.82) is 0 Å². The fraction of sp³-hybridized carbons (Fsp3) is 0.600. The lowest BCUT2D eigenvalue weighted by Gasteiger charge is -2.39. The summed E-state index contributed by atoms with van der Waals surface area (Å²) in [5.74, 6) is 0. The lowest BCUT2D eigenvalue weighted by Crippen LogP contribution is -2.47. The van der Waals surface area contributed by atoms with Gasteiger partial charge in [-0.25, -0.2) is 0 Å². The summed E-state index contributed by atoms with van der Waals surface area (Å²) < 4.78 is 0. The number of nitrogens with two attached hydrogens (primary N) is 1. The number of likely N-dealkylation sites (N-methyl/N-ethyl adjacent to an activating group) is 1. The molecule has 0 bridgehead atoms. The molecule has 1 aliphatic rings. The van der Waals surface area contributed by atoms with Crippen LogP contribution in [0.2, 0.25) is 0 Å². The molecule has 100 valence electrons. The third-order valence-electron chi connectivity index (χ3n) is 3.92. The molecule has 0 radical (unpaired) electrons. The molecule has 0 spiro atoms. The first-order valence-corrected chi connectivity index (χ1v) is 7.06. The normalized spacial score (nSPS) is 19.9. The molecule has 2 N–H and O–H groups in total. The van der Waals surface area contributed by atoms with Crippen LogP contribution < -0.4 is 5.73 Å². The summed E-state index contributed by atoms with van der Waals surface area (Å²) in [6, 6.07) is 11.3. The highest BCUT2D eigenvalue weighted by Gasteiger charge is 2.23. The van der Waals surface area contributed by atoms with Crippen molar-refractivity contribution in [2.45, 2.75) is 19.4 Å². The quantitative estimate of drug-likeness (QED) is 0.860. The Bertz CT molecular complexity index is 331. The molecule has 2 rings (SSSR count). The van der Waals surface area contributed by atoms with Gasteiger partial charge in [0.2, 0.25) is 0 Å². The van der Waals surface area contributed by atoms with Crippen LogP contribution in [-0.4, -0.2) is 49.1 Å². The summed E-state index contributed by atoms with van der Waals surface area (Å²) in [7, 11) is 0. The maximum absolute atomic E-state index is 5.79. The smallest absolute Gasteiger partial charge is 0.0361 e. The number of benzene rings is 1. The first kappa shape index (κ1) is 13.5. The molecule has 0 aliphatic carbocycles. The van der Waals surface area contributed by atoms with Crippen LogP contribution in [0.4, 0.5) is 0 Å². The van der Waals surface area contributed by atoms with Gasteiger partial charge in [0, 0.05) is 32.2 Å². The topological polar surface area (TPSA) is 32.5 Å². The fourth-order valence-corrected chi connectivity index (χ4v) is 2.78. The molecular formula is C15H25N3. The van der Waals surface area contributed by atoms with E-state index < -0.39 is 0 Å². The third kappa shape index (κ3) is 3.31. The number of piperazine rings is 1. The van der Waals surface area contributed by atoms with Crippen molar-refractivity contribution in [3.8, 4) is 0 Å². The molecule has 1 atom stereocenters. The average molecular weight is 247 g/mol. The van der Waals surface area contributed by atoms with Crippen LogP contribution in [0, 0.1) is 0 Å². The van der Waals surface area contributed by atoms with E-state index in [1.807, 2.05) is 0 Å². The van der Waals surface area contributed by atoms with Crippen molar-refractivity contribution in [3.63, 3.8) is 0 Å². The molecular weight excluding hydrogens is 222 g/mol. The maximum atomic E-state index is 5.79. The zero-order valence-electron chi connectivity index (χ0n) is 11.4. The Morgan fingerprint density at radius 1 is 1.11 bits per heavy atom. The van der Waals surface area contributed by atoms with E-state index in [9.17, 15) is 0 Å². The summed E-state index contributed by atoms with van der Waals surface area (Å²) in [4.78, 5) is 5.11. The van der Waals surface area contributed by atoms with Crippen molar-refractivity contribution in [1.82, 2.24) is 9.80 Å². The van der Waals surface area contributed by atoms with E-state index in [0.717, 1.165) is 26.1 Å². The molecule has 1 aromatic carbocycles. The van der Waals surface area contributed by atoms with Crippen LogP contribution in [0.3, 0.4) is 0 Å². The van der Waals surface area contributed by atoms with Crippen LogP contribution in [-0.2, 0) is 0 Å². The average Bonchev–Trinajstić information content (AvgIpc) is 2.46. The summed E-state index contributed by atoms with van der Waals surface area (Å²) >= 11 is 0. The Balaban J connectivity index is 2.02. The minimum atomic E-state index is 0.496. The van der Waals surface area contributed by atoms with Gasteiger partial charge in [-0.05, 0) is 25.1 Å². The minimum absolute atomic E-state index is 0.496. The number of nitrogens with zero attached hydrogens (tertiary/aromatic N) is 2. The third-order valence-corrected chi connectivity index (χ3v) is 3.92. The molecule has 1 saturated heterocycles. The lowest BCUT2D eigenvalue weighted by molar-refractivity contribution is 0.0960. The molecule has 0 saturated carbocycles. The fourth-order valence-electron chi connectivity index (χ4n) is 2.78. The summed E-state index contributed by atoms with van der Waals surface area (Å²) in [6.45, 7) is 8.86. The summed E-state index contributed by atoms with van der Waals surface area (Å²) in [6.07, 6.45) is 1.05. The molecule has 1 aliphatic heterocycles. The van der Waals surface area contributed by atoms with Crippen molar-refractivity contribution in [2.24, 2.45) is 5.73 Å². The van der Waals surface area contributed by atoms with E-state index in [4.69, 9.17) is 5.73 Å². The second kappa shape index (κ2) is 6.88. The Labute approximate surface area is 111 Å². The van der Waals surface area contributed by atoms with Crippen molar-refractivity contribution < 1.29 is 0 Å². The first-order chi connectivity index (χ1) is 8.85.